The highest BCUT2D eigenvalue weighted by Crippen LogP contribution is 2.26. The molecule has 0 aliphatic carbocycles. The summed E-state index contributed by atoms with van der Waals surface area (Å²) in [7, 11) is 0. The van der Waals surface area contributed by atoms with Gasteiger partial charge in [0.05, 0.1) is 16.2 Å². The number of aromatic nitrogens is 3. The normalized spacial score (nSPS) is 10.1. The Hall–Kier alpha value is -1.17. The maximum absolute atomic E-state index is 5.88. The van der Waals surface area contributed by atoms with Gasteiger partial charge in [-0.3, -0.25) is 5.10 Å². The number of hydrogen-bond donors (Lipinski definition) is 2. The quantitative estimate of drug-likeness (QED) is 0.821. The van der Waals surface area contributed by atoms with Crippen molar-refractivity contribution in [2.75, 3.05) is 5.32 Å². The highest BCUT2D eigenvalue weighted by Gasteiger charge is 2.00. The molecular formula is C9H6Cl2N4S. The molecule has 82 valence electrons. The minimum absolute atomic E-state index is 0.310. The third-order valence-corrected chi connectivity index (χ3v) is 2.68. The zero-order chi connectivity index (χ0) is 11.5. The molecule has 0 amide bonds. The van der Waals surface area contributed by atoms with Crippen LogP contribution in [0.25, 0.3) is 0 Å². The average Bonchev–Trinajstić information content (AvgIpc) is 2.24. The molecule has 2 N–H and O–H groups in total. The van der Waals surface area contributed by atoms with Crippen LogP contribution < -0.4 is 5.32 Å². The van der Waals surface area contributed by atoms with Gasteiger partial charge in [0.2, 0.25) is 4.77 Å². The molecule has 2 rings (SSSR count). The fraction of sp³-hybridized carbons (Fsp3) is 0. The Morgan fingerprint density at radius 1 is 1.25 bits per heavy atom. The number of hydrogen-bond acceptors (Lipinski definition) is 4. The number of rotatable bonds is 2. The summed E-state index contributed by atoms with van der Waals surface area (Å²) < 4.78 is 0.310. The standard InChI is InChI=1S/C9H6Cl2N4S/c10-6-2-1-5(3-7(6)11)13-8-4-12-15-9(16)14-8/h1-4H,(H2,13,14,15,16). The molecule has 0 radical (unpaired) electrons. The fourth-order valence-corrected chi connectivity index (χ4v) is 1.54. The number of aromatic amines is 1. The van der Waals surface area contributed by atoms with Gasteiger partial charge in [0, 0.05) is 5.69 Å². The van der Waals surface area contributed by atoms with Crippen LogP contribution in [-0.4, -0.2) is 15.2 Å². The third kappa shape index (κ3) is 2.69. The molecule has 0 bridgehead atoms. The van der Waals surface area contributed by atoms with E-state index in [1.54, 1.807) is 18.2 Å². The van der Waals surface area contributed by atoms with Gasteiger partial charge in [0.25, 0.3) is 0 Å². The van der Waals surface area contributed by atoms with Crippen LogP contribution in [0, 0.1) is 4.77 Å². The van der Waals surface area contributed by atoms with E-state index in [9.17, 15) is 0 Å². The summed E-state index contributed by atoms with van der Waals surface area (Å²) in [4.78, 5) is 4.03. The Balaban J connectivity index is 2.27. The van der Waals surface area contributed by atoms with Crippen LogP contribution in [0.1, 0.15) is 0 Å². The first-order chi connectivity index (χ1) is 7.65. The zero-order valence-electron chi connectivity index (χ0n) is 7.87. The first-order valence-electron chi connectivity index (χ1n) is 4.29. The predicted octanol–water partition coefficient (Wildman–Crippen LogP) is 3.58. The maximum Gasteiger partial charge on any atom is 0.215 e. The second-order valence-electron chi connectivity index (χ2n) is 2.93. The van der Waals surface area contributed by atoms with Gasteiger partial charge in [-0.2, -0.15) is 10.1 Å². The van der Waals surface area contributed by atoms with Gasteiger partial charge < -0.3 is 5.32 Å². The molecule has 0 spiro atoms. The highest BCUT2D eigenvalue weighted by atomic mass is 35.5. The molecule has 0 saturated heterocycles. The number of benzene rings is 1. The summed E-state index contributed by atoms with van der Waals surface area (Å²) in [6.07, 6.45) is 1.53. The Labute approximate surface area is 107 Å². The van der Waals surface area contributed by atoms with Gasteiger partial charge in [-0.15, -0.1) is 0 Å². The van der Waals surface area contributed by atoms with Gasteiger partial charge in [-0.05, 0) is 30.4 Å². The monoisotopic (exact) mass is 272 g/mol. The number of nitrogens with zero attached hydrogens (tertiary/aromatic N) is 2. The van der Waals surface area contributed by atoms with Crippen molar-refractivity contribution in [3.05, 3.63) is 39.2 Å². The SMILES string of the molecule is S=c1nc(Nc2ccc(Cl)c(Cl)c2)cn[nH]1. The first-order valence-corrected chi connectivity index (χ1v) is 5.45. The van der Waals surface area contributed by atoms with Crippen molar-refractivity contribution in [1.82, 2.24) is 15.2 Å². The Bertz CT molecular complexity index is 569. The molecule has 4 nitrogen and oxygen atoms in total. The second-order valence-corrected chi connectivity index (χ2v) is 4.13. The van der Waals surface area contributed by atoms with Crippen LogP contribution in [0.15, 0.2) is 24.4 Å². The summed E-state index contributed by atoms with van der Waals surface area (Å²) in [5.74, 6) is 0.544. The van der Waals surface area contributed by atoms with Crippen molar-refractivity contribution in [3.63, 3.8) is 0 Å². The second kappa shape index (κ2) is 4.78. The van der Waals surface area contributed by atoms with Crippen molar-refractivity contribution >= 4 is 46.9 Å². The molecule has 0 saturated carbocycles. The molecule has 0 aliphatic rings. The first kappa shape index (κ1) is 11.3. The summed E-state index contributed by atoms with van der Waals surface area (Å²) >= 11 is 16.5. The Morgan fingerprint density at radius 3 is 2.75 bits per heavy atom. The Kier molecular flexibility index (Phi) is 3.38. The van der Waals surface area contributed by atoms with Gasteiger partial charge in [0.15, 0.2) is 5.82 Å². The number of H-pyrrole nitrogens is 1. The summed E-state index contributed by atoms with van der Waals surface area (Å²) in [6, 6.07) is 5.18. The van der Waals surface area contributed by atoms with Crippen LogP contribution in [0.2, 0.25) is 10.0 Å². The lowest BCUT2D eigenvalue weighted by atomic mass is 10.3. The van der Waals surface area contributed by atoms with Crippen LogP contribution in [0.3, 0.4) is 0 Å². The van der Waals surface area contributed by atoms with Crippen molar-refractivity contribution in [1.29, 1.82) is 0 Å². The van der Waals surface area contributed by atoms with E-state index in [4.69, 9.17) is 35.4 Å². The molecule has 1 heterocycles. The van der Waals surface area contributed by atoms with E-state index in [2.05, 4.69) is 20.5 Å². The van der Waals surface area contributed by atoms with Crippen molar-refractivity contribution < 1.29 is 0 Å². The zero-order valence-corrected chi connectivity index (χ0v) is 10.2. The van der Waals surface area contributed by atoms with E-state index in [-0.39, 0.29) is 0 Å². The maximum atomic E-state index is 5.88. The number of nitrogens with one attached hydrogen (secondary N) is 2. The summed E-state index contributed by atoms with van der Waals surface area (Å²) in [5, 5.41) is 10.3. The minimum Gasteiger partial charge on any atom is -0.339 e. The summed E-state index contributed by atoms with van der Waals surface area (Å²) in [5.41, 5.74) is 0.768. The van der Waals surface area contributed by atoms with E-state index < -0.39 is 0 Å². The van der Waals surface area contributed by atoms with Crippen LogP contribution in [0.4, 0.5) is 11.5 Å². The lowest BCUT2D eigenvalue weighted by Gasteiger charge is -2.05. The topological polar surface area (TPSA) is 53.6 Å². The van der Waals surface area contributed by atoms with Gasteiger partial charge in [0.1, 0.15) is 0 Å². The molecule has 0 atom stereocenters. The van der Waals surface area contributed by atoms with E-state index in [1.165, 1.54) is 6.20 Å². The van der Waals surface area contributed by atoms with Crippen LogP contribution in [0.5, 0.6) is 0 Å². The molecule has 0 aliphatic heterocycles. The van der Waals surface area contributed by atoms with Gasteiger partial charge in [-0.1, -0.05) is 23.2 Å². The van der Waals surface area contributed by atoms with Crippen LogP contribution in [-0.2, 0) is 0 Å². The molecule has 16 heavy (non-hydrogen) atoms. The largest absolute Gasteiger partial charge is 0.339 e. The van der Waals surface area contributed by atoms with E-state index in [0.29, 0.717) is 20.6 Å². The van der Waals surface area contributed by atoms with Gasteiger partial charge in [-0.25, -0.2) is 0 Å². The van der Waals surface area contributed by atoms with Gasteiger partial charge >= 0.3 is 0 Å². The smallest absolute Gasteiger partial charge is 0.215 e. The molecule has 0 fully saturated rings. The van der Waals surface area contributed by atoms with E-state index in [1.807, 2.05) is 0 Å². The number of halogens is 2. The molecular weight excluding hydrogens is 267 g/mol. The van der Waals surface area contributed by atoms with E-state index >= 15 is 0 Å². The van der Waals surface area contributed by atoms with E-state index in [0.717, 1.165) is 5.69 Å². The minimum atomic E-state index is 0.310. The molecule has 1 aromatic carbocycles. The summed E-state index contributed by atoms with van der Waals surface area (Å²) in [6.45, 7) is 0. The van der Waals surface area contributed by atoms with Crippen molar-refractivity contribution in [3.8, 4) is 0 Å². The van der Waals surface area contributed by atoms with Crippen molar-refractivity contribution in [2.45, 2.75) is 0 Å². The predicted molar refractivity (Wildman–Crippen MR) is 67.0 cm³/mol. The molecule has 7 heteroatoms. The Morgan fingerprint density at radius 2 is 2.06 bits per heavy atom. The van der Waals surface area contributed by atoms with Crippen LogP contribution >= 0.6 is 35.4 Å². The lowest BCUT2D eigenvalue weighted by Crippen LogP contribution is -1.96. The lowest BCUT2D eigenvalue weighted by molar-refractivity contribution is 0.953. The molecule has 0 unspecified atom stereocenters. The number of anilines is 2. The average molecular weight is 273 g/mol. The molecule has 2 aromatic rings. The third-order valence-electron chi connectivity index (χ3n) is 1.76. The fourth-order valence-electron chi connectivity index (χ4n) is 1.09. The molecule has 1 aromatic heterocycles. The highest BCUT2D eigenvalue weighted by molar-refractivity contribution is 7.71. The van der Waals surface area contributed by atoms with Crippen molar-refractivity contribution in [2.24, 2.45) is 0 Å².